The molecule has 5 aromatic rings. The first-order valence-electron chi connectivity index (χ1n) is 12.5. The standard InChI is InChI=1S/C32H21Cl2N3O2S/c33-27-16-15-21(17-28(27)34)19-35-20-22(25-13-7-8-14-29(25)35)18-26-30(38)36(23-9-3-1-4-10-23)32(40)37(31(26)39)24-11-5-2-6-12-24/h1-18,20H,19H2. The summed E-state index contributed by atoms with van der Waals surface area (Å²) in [4.78, 5) is 30.7. The molecule has 0 bridgehead atoms. The van der Waals surface area contributed by atoms with Crippen molar-refractivity contribution >= 4 is 80.7 Å². The predicted molar refractivity (Wildman–Crippen MR) is 166 cm³/mol. The van der Waals surface area contributed by atoms with E-state index in [1.807, 2.05) is 79.0 Å². The number of benzene rings is 4. The van der Waals surface area contributed by atoms with Gasteiger partial charge >= 0.3 is 0 Å². The van der Waals surface area contributed by atoms with E-state index in [-0.39, 0.29) is 10.7 Å². The molecule has 1 saturated heterocycles. The number of fused-ring (bicyclic) bond motifs is 1. The molecular weight excluding hydrogens is 561 g/mol. The molecule has 2 amide bonds. The van der Waals surface area contributed by atoms with Crippen LogP contribution in [0.25, 0.3) is 17.0 Å². The summed E-state index contributed by atoms with van der Waals surface area (Å²) < 4.78 is 2.06. The molecule has 196 valence electrons. The molecule has 40 heavy (non-hydrogen) atoms. The largest absolute Gasteiger partial charge is 0.342 e. The van der Waals surface area contributed by atoms with E-state index in [0.717, 1.165) is 22.0 Å². The summed E-state index contributed by atoms with van der Waals surface area (Å²) in [7, 11) is 0. The van der Waals surface area contributed by atoms with E-state index in [2.05, 4.69) is 4.57 Å². The van der Waals surface area contributed by atoms with E-state index in [9.17, 15) is 9.59 Å². The van der Waals surface area contributed by atoms with Gasteiger partial charge in [0.05, 0.1) is 21.4 Å². The molecule has 4 aromatic carbocycles. The fourth-order valence-electron chi connectivity index (χ4n) is 4.85. The minimum atomic E-state index is -0.477. The van der Waals surface area contributed by atoms with Crippen molar-refractivity contribution in [2.24, 2.45) is 0 Å². The van der Waals surface area contributed by atoms with Gasteiger partial charge in [-0.05, 0) is 66.3 Å². The maximum Gasteiger partial charge on any atom is 0.270 e. The normalized spacial score (nSPS) is 13.8. The highest BCUT2D eigenvalue weighted by Crippen LogP contribution is 2.32. The van der Waals surface area contributed by atoms with Gasteiger partial charge in [-0.25, -0.2) is 0 Å². The van der Waals surface area contributed by atoms with Gasteiger partial charge in [0.15, 0.2) is 5.11 Å². The van der Waals surface area contributed by atoms with E-state index in [1.54, 1.807) is 36.4 Å². The van der Waals surface area contributed by atoms with Crippen molar-refractivity contribution in [3.05, 3.63) is 136 Å². The number of nitrogens with zero attached hydrogens (tertiary/aromatic N) is 3. The first-order valence-corrected chi connectivity index (χ1v) is 13.7. The summed E-state index contributed by atoms with van der Waals surface area (Å²) in [6.45, 7) is 0.527. The van der Waals surface area contributed by atoms with Gasteiger partial charge in [-0.1, -0.05) is 83.9 Å². The molecular formula is C32H21Cl2N3O2S. The summed E-state index contributed by atoms with van der Waals surface area (Å²) in [5.74, 6) is -0.954. The fraction of sp³-hybridized carbons (Fsp3) is 0.0312. The Morgan fingerprint density at radius 3 is 1.88 bits per heavy atom. The average Bonchev–Trinajstić information content (AvgIpc) is 3.31. The van der Waals surface area contributed by atoms with Crippen molar-refractivity contribution < 1.29 is 9.59 Å². The van der Waals surface area contributed by atoms with Crippen LogP contribution in [0.15, 0.2) is 115 Å². The van der Waals surface area contributed by atoms with Crippen LogP contribution >= 0.6 is 35.4 Å². The molecule has 6 rings (SSSR count). The number of aromatic nitrogens is 1. The minimum Gasteiger partial charge on any atom is -0.342 e. The zero-order valence-corrected chi connectivity index (χ0v) is 23.3. The summed E-state index contributed by atoms with van der Waals surface area (Å²) in [5, 5.41) is 1.98. The first kappa shape index (κ1) is 26.0. The van der Waals surface area contributed by atoms with Crippen molar-refractivity contribution in [2.45, 2.75) is 6.54 Å². The topological polar surface area (TPSA) is 45.6 Å². The van der Waals surface area contributed by atoms with Gasteiger partial charge in [-0.2, -0.15) is 0 Å². The van der Waals surface area contributed by atoms with Crippen LogP contribution in [-0.2, 0) is 16.1 Å². The highest BCUT2D eigenvalue weighted by atomic mass is 35.5. The maximum atomic E-state index is 13.9. The minimum absolute atomic E-state index is 0.0127. The van der Waals surface area contributed by atoms with Crippen molar-refractivity contribution in [3.8, 4) is 0 Å². The molecule has 8 heteroatoms. The predicted octanol–water partition coefficient (Wildman–Crippen LogP) is 7.74. The first-order chi connectivity index (χ1) is 19.4. The Morgan fingerprint density at radius 1 is 0.700 bits per heavy atom. The lowest BCUT2D eigenvalue weighted by Crippen LogP contribution is -2.56. The van der Waals surface area contributed by atoms with E-state index in [0.29, 0.717) is 28.0 Å². The number of rotatable bonds is 5. The van der Waals surface area contributed by atoms with Crippen LogP contribution in [0.4, 0.5) is 11.4 Å². The Kier molecular flexibility index (Phi) is 6.98. The summed E-state index contributed by atoms with van der Waals surface area (Å²) in [5.41, 5.74) is 3.83. The van der Waals surface area contributed by atoms with Gasteiger partial charge in [-0.15, -0.1) is 0 Å². The van der Waals surface area contributed by atoms with Crippen LogP contribution in [0.3, 0.4) is 0 Å². The Balaban J connectivity index is 1.48. The SMILES string of the molecule is O=C1C(=Cc2cn(Cc3ccc(Cl)c(Cl)c3)c3ccccc23)C(=O)N(c2ccccc2)C(=S)N1c1ccccc1. The van der Waals surface area contributed by atoms with Crippen LogP contribution in [0.5, 0.6) is 0 Å². The van der Waals surface area contributed by atoms with Crippen molar-refractivity contribution in [1.29, 1.82) is 0 Å². The monoisotopic (exact) mass is 581 g/mol. The third-order valence-corrected chi connectivity index (χ3v) is 7.84. The molecule has 0 radical (unpaired) electrons. The van der Waals surface area contributed by atoms with Crippen molar-refractivity contribution in [3.63, 3.8) is 0 Å². The average molecular weight is 583 g/mol. The van der Waals surface area contributed by atoms with Gasteiger partial charge in [-0.3, -0.25) is 19.4 Å². The second kappa shape index (κ2) is 10.7. The molecule has 0 unspecified atom stereocenters. The Bertz CT molecular complexity index is 1750. The molecule has 1 aliphatic rings. The number of carbonyl (C=O) groups is 2. The number of anilines is 2. The van der Waals surface area contributed by atoms with Crippen LogP contribution in [0.2, 0.25) is 10.0 Å². The second-order valence-electron chi connectivity index (χ2n) is 9.27. The molecule has 1 aliphatic heterocycles. The van der Waals surface area contributed by atoms with Gasteiger partial charge in [0.1, 0.15) is 5.57 Å². The molecule has 5 nitrogen and oxygen atoms in total. The number of amides is 2. The Morgan fingerprint density at radius 2 is 1.27 bits per heavy atom. The summed E-state index contributed by atoms with van der Waals surface area (Å²) in [6.07, 6.45) is 3.60. The Hall–Kier alpha value is -4.23. The molecule has 2 heterocycles. The molecule has 0 atom stereocenters. The van der Waals surface area contributed by atoms with E-state index in [1.165, 1.54) is 9.80 Å². The number of halogens is 2. The molecule has 0 N–H and O–H groups in total. The maximum absolute atomic E-state index is 13.9. The van der Waals surface area contributed by atoms with E-state index in [4.69, 9.17) is 35.4 Å². The number of hydrogen-bond acceptors (Lipinski definition) is 3. The lowest BCUT2D eigenvalue weighted by molar-refractivity contribution is -0.120. The van der Waals surface area contributed by atoms with Crippen LogP contribution in [0, 0.1) is 0 Å². The van der Waals surface area contributed by atoms with Gasteiger partial charge in [0.25, 0.3) is 11.8 Å². The van der Waals surface area contributed by atoms with E-state index < -0.39 is 11.8 Å². The second-order valence-corrected chi connectivity index (χ2v) is 10.5. The molecule has 1 fully saturated rings. The Labute approximate surface area is 246 Å². The third-order valence-electron chi connectivity index (χ3n) is 6.73. The van der Waals surface area contributed by atoms with Crippen molar-refractivity contribution in [2.75, 3.05) is 9.80 Å². The summed E-state index contributed by atoms with van der Waals surface area (Å²) >= 11 is 18.1. The van der Waals surface area contributed by atoms with Crippen molar-refractivity contribution in [1.82, 2.24) is 4.57 Å². The zero-order chi connectivity index (χ0) is 27.8. The quantitative estimate of drug-likeness (QED) is 0.121. The molecule has 1 aromatic heterocycles. The lowest BCUT2D eigenvalue weighted by atomic mass is 10.0. The van der Waals surface area contributed by atoms with Crippen LogP contribution in [0.1, 0.15) is 11.1 Å². The number of carbonyl (C=O) groups excluding carboxylic acids is 2. The highest BCUT2D eigenvalue weighted by molar-refractivity contribution is 7.81. The highest BCUT2D eigenvalue weighted by Gasteiger charge is 2.41. The number of thiocarbonyl (C=S) groups is 1. The van der Waals surface area contributed by atoms with E-state index >= 15 is 0 Å². The third kappa shape index (κ3) is 4.71. The van der Waals surface area contributed by atoms with Gasteiger partial charge in [0.2, 0.25) is 0 Å². The molecule has 0 spiro atoms. The number of para-hydroxylation sites is 3. The number of hydrogen-bond donors (Lipinski definition) is 0. The molecule has 0 aliphatic carbocycles. The smallest absolute Gasteiger partial charge is 0.270 e. The fourth-order valence-corrected chi connectivity index (χ4v) is 5.55. The van der Waals surface area contributed by atoms with Gasteiger partial charge in [0, 0.05) is 29.2 Å². The lowest BCUT2D eigenvalue weighted by Gasteiger charge is -2.36. The van der Waals surface area contributed by atoms with Crippen LogP contribution < -0.4 is 9.80 Å². The van der Waals surface area contributed by atoms with Gasteiger partial charge < -0.3 is 4.57 Å². The molecule has 0 saturated carbocycles. The zero-order valence-electron chi connectivity index (χ0n) is 21.0. The van der Waals surface area contributed by atoms with Crippen LogP contribution in [-0.4, -0.2) is 21.5 Å². The summed E-state index contributed by atoms with van der Waals surface area (Å²) in [6, 6.07) is 31.6.